The van der Waals surface area contributed by atoms with Gasteiger partial charge in [0.25, 0.3) is 5.76 Å². The van der Waals surface area contributed by atoms with Gasteiger partial charge in [0.1, 0.15) is 0 Å². The zero-order chi connectivity index (χ0) is 7.44. The largest absolute Gasteiger partial charge is 0.498 e. The first-order valence-electron chi connectivity index (χ1n) is 1.85. The van der Waals surface area contributed by atoms with Crippen LogP contribution in [0.15, 0.2) is 11.7 Å². The predicted molar refractivity (Wildman–Crippen MR) is 24.8 cm³/mol. The molecule has 6 nitrogen and oxygen atoms in total. The molecule has 0 unspecified atom stereocenters. The third-order valence-electron chi connectivity index (χ3n) is 0.528. The topological polar surface area (TPSA) is 110 Å². The molecule has 0 heterocycles. The third-order valence-corrected chi connectivity index (χ3v) is 0.528. The molecule has 0 aliphatic heterocycles. The molecule has 0 aliphatic carbocycles. The number of hydrogen-bond donors (Lipinski definition) is 5. The van der Waals surface area contributed by atoms with Crippen molar-refractivity contribution in [3.63, 3.8) is 0 Å². The molecule has 0 atom stereocenters. The number of amides is 1. The fourth-order valence-corrected chi connectivity index (χ4v) is 0.154. The summed E-state index contributed by atoms with van der Waals surface area (Å²) in [5.41, 5.74) is 0.979. The highest BCUT2D eigenvalue weighted by atomic mass is 16.5. The van der Waals surface area contributed by atoms with Gasteiger partial charge in [-0.05, 0) is 0 Å². The van der Waals surface area contributed by atoms with Crippen LogP contribution in [-0.4, -0.2) is 26.4 Å². The molecule has 9 heavy (non-hydrogen) atoms. The van der Waals surface area contributed by atoms with Crippen LogP contribution >= 0.6 is 0 Å². The Labute approximate surface area is 49.6 Å². The Bertz CT molecular complexity index is 146. The van der Waals surface area contributed by atoms with E-state index in [4.69, 9.17) is 20.5 Å². The average Bonchev–Trinajstić information content (AvgIpc) is 1.84. The van der Waals surface area contributed by atoms with Gasteiger partial charge in [-0.1, -0.05) is 0 Å². The highest BCUT2D eigenvalue weighted by molar-refractivity contribution is 5.89. The van der Waals surface area contributed by atoms with Crippen molar-refractivity contribution in [1.29, 1.82) is 0 Å². The van der Waals surface area contributed by atoms with E-state index < -0.39 is 17.6 Å². The summed E-state index contributed by atoms with van der Waals surface area (Å²) >= 11 is 0. The second kappa shape index (κ2) is 2.78. The van der Waals surface area contributed by atoms with E-state index in [1.807, 2.05) is 0 Å². The molecule has 1 amide bonds. The standard InChI is InChI=1S/C3H5NO5/c5-1(3(7)8)2(6)4-9/h5,7-9H,(H,4,6). The minimum absolute atomic E-state index is 0.979. The van der Waals surface area contributed by atoms with Crippen molar-refractivity contribution in [3.8, 4) is 0 Å². The first-order valence-corrected chi connectivity index (χ1v) is 1.85. The highest BCUT2D eigenvalue weighted by Gasteiger charge is 2.10. The lowest BCUT2D eigenvalue weighted by Crippen LogP contribution is -2.21. The Hall–Kier alpha value is -1.43. The number of hydroxylamine groups is 1. The quantitative estimate of drug-likeness (QED) is 0.142. The van der Waals surface area contributed by atoms with E-state index in [1.54, 1.807) is 0 Å². The van der Waals surface area contributed by atoms with Gasteiger partial charge >= 0.3 is 11.9 Å². The summed E-state index contributed by atoms with van der Waals surface area (Å²) in [7, 11) is 0. The van der Waals surface area contributed by atoms with E-state index in [1.165, 1.54) is 0 Å². The fraction of sp³-hybridized carbons (Fsp3) is 0. The lowest BCUT2D eigenvalue weighted by Gasteiger charge is -1.94. The van der Waals surface area contributed by atoms with Gasteiger partial charge in [-0.25, -0.2) is 5.48 Å². The second-order valence-corrected chi connectivity index (χ2v) is 1.11. The maximum absolute atomic E-state index is 9.96. The molecular formula is C3H5NO5. The van der Waals surface area contributed by atoms with E-state index in [-0.39, 0.29) is 0 Å². The summed E-state index contributed by atoms with van der Waals surface area (Å²) in [6.07, 6.45) is 0. The van der Waals surface area contributed by atoms with Gasteiger partial charge in [0.15, 0.2) is 0 Å². The molecule has 0 bridgehead atoms. The second-order valence-electron chi connectivity index (χ2n) is 1.11. The maximum atomic E-state index is 9.96. The normalized spacial score (nSPS) is 8.11. The Balaban J connectivity index is 4.21. The summed E-state index contributed by atoms with van der Waals surface area (Å²) < 4.78 is 0. The molecule has 0 fully saturated rings. The van der Waals surface area contributed by atoms with Gasteiger partial charge in [-0.2, -0.15) is 0 Å². The molecule has 6 heteroatoms. The van der Waals surface area contributed by atoms with Crippen LogP contribution in [0.4, 0.5) is 0 Å². The Morgan fingerprint density at radius 3 is 1.78 bits per heavy atom. The number of carbonyl (C=O) groups is 1. The van der Waals surface area contributed by atoms with E-state index in [2.05, 4.69) is 0 Å². The fourth-order valence-electron chi connectivity index (χ4n) is 0.154. The summed E-state index contributed by atoms with van der Waals surface area (Å²) in [6.45, 7) is 0. The monoisotopic (exact) mass is 135 g/mol. The zero-order valence-corrected chi connectivity index (χ0v) is 4.20. The zero-order valence-electron chi connectivity index (χ0n) is 4.20. The summed E-state index contributed by atoms with van der Waals surface area (Å²) in [5, 5.41) is 31.8. The van der Waals surface area contributed by atoms with Crippen LogP contribution in [0.2, 0.25) is 0 Å². The number of rotatable bonds is 1. The van der Waals surface area contributed by atoms with Crippen LogP contribution in [0.25, 0.3) is 0 Å². The minimum Gasteiger partial charge on any atom is -0.498 e. The number of carbonyl (C=O) groups excluding carboxylic acids is 1. The van der Waals surface area contributed by atoms with Gasteiger partial charge in [-0.15, -0.1) is 0 Å². The van der Waals surface area contributed by atoms with Crippen LogP contribution in [0.1, 0.15) is 0 Å². The Morgan fingerprint density at radius 1 is 1.22 bits per heavy atom. The van der Waals surface area contributed by atoms with Crippen molar-refractivity contribution in [1.82, 2.24) is 5.48 Å². The molecule has 0 aromatic rings. The van der Waals surface area contributed by atoms with E-state index in [0.717, 1.165) is 5.48 Å². The van der Waals surface area contributed by atoms with Gasteiger partial charge in [0, 0.05) is 0 Å². The van der Waals surface area contributed by atoms with E-state index >= 15 is 0 Å². The van der Waals surface area contributed by atoms with Gasteiger partial charge in [0.2, 0.25) is 0 Å². The van der Waals surface area contributed by atoms with Crippen molar-refractivity contribution in [2.75, 3.05) is 0 Å². The van der Waals surface area contributed by atoms with Gasteiger partial charge in [-0.3, -0.25) is 10.0 Å². The first-order chi connectivity index (χ1) is 4.09. The maximum Gasteiger partial charge on any atom is 0.324 e. The smallest absolute Gasteiger partial charge is 0.324 e. The summed E-state index contributed by atoms with van der Waals surface area (Å²) in [5.74, 6) is -4.26. The minimum atomic E-state index is -1.54. The lowest BCUT2D eigenvalue weighted by molar-refractivity contribution is -0.128. The molecule has 0 aromatic carbocycles. The van der Waals surface area contributed by atoms with Crippen molar-refractivity contribution in [3.05, 3.63) is 11.7 Å². The van der Waals surface area contributed by atoms with Crippen molar-refractivity contribution in [2.24, 2.45) is 0 Å². The predicted octanol–water partition coefficient (Wildman–Crippen LogP) is -0.665. The summed E-state index contributed by atoms with van der Waals surface area (Å²) in [4.78, 5) is 9.96. The molecule has 0 aromatic heterocycles. The van der Waals surface area contributed by atoms with Crippen molar-refractivity contribution >= 4 is 5.91 Å². The molecule has 0 spiro atoms. The number of aliphatic hydroxyl groups is 3. The number of hydrogen-bond acceptors (Lipinski definition) is 5. The van der Waals surface area contributed by atoms with Gasteiger partial charge in [0.05, 0.1) is 0 Å². The lowest BCUT2D eigenvalue weighted by atomic mass is 10.5. The number of aliphatic hydroxyl groups excluding tert-OH is 2. The Morgan fingerprint density at radius 2 is 1.67 bits per heavy atom. The van der Waals surface area contributed by atoms with Crippen LogP contribution in [0.5, 0.6) is 0 Å². The van der Waals surface area contributed by atoms with Crippen molar-refractivity contribution < 1.29 is 25.3 Å². The van der Waals surface area contributed by atoms with Gasteiger partial charge < -0.3 is 15.3 Å². The molecule has 52 valence electrons. The van der Waals surface area contributed by atoms with Crippen molar-refractivity contribution in [2.45, 2.75) is 0 Å². The SMILES string of the molecule is O=C(NO)C(O)=C(O)O. The molecule has 5 N–H and O–H groups in total. The van der Waals surface area contributed by atoms with Crippen LogP contribution in [0.3, 0.4) is 0 Å². The van der Waals surface area contributed by atoms with E-state index in [9.17, 15) is 4.79 Å². The summed E-state index contributed by atoms with van der Waals surface area (Å²) in [6, 6.07) is 0. The highest BCUT2D eigenvalue weighted by Crippen LogP contribution is 1.90. The van der Waals surface area contributed by atoms with Crippen LogP contribution < -0.4 is 5.48 Å². The third kappa shape index (κ3) is 1.87. The van der Waals surface area contributed by atoms with E-state index in [0.29, 0.717) is 0 Å². The van der Waals surface area contributed by atoms with Crippen LogP contribution in [-0.2, 0) is 4.79 Å². The molecule has 0 saturated carbocycles. The molecule has 0 radical (unpaired) electrons. The van der Waals surface area contributed by atoms with Crippen LogP contribution in [0, 0.1) is 0 Å². The Kier molecular flexibility index (Phi) is 2.33. The molecule has 0 aliphatic rings. The average molecular weight is 135 g/mol. The number of nitrogens with one attached hydrogen (secondary N) is 1. The molecule has 0 saturated heterocycles. The molecular weight excluding hydrogens is 130 g/mol. The first kappa shape index (κ1) is 7.57. The molecule has 0 rings (SSSR count).